The molecule has 2 heterocycles. The van der Waals surface area contributed by atoms with Gasteiger partial charge in [0.15, 0.2) is 12.1 Å². The number of para-hydroxylation sites is 1. The van der Waals surface area contributed by atoms with E-state index in [9.17, 15) is 0 Å². The van der Waals surface area contributed by atoms with Crippen LogP contribution in [0.2, 0.25) is 0 Å². The summed E-state index contributed by atoms with van der Waals surface area (Å²) in [5.41, 5.74) is 0.923. The quantitative estimate of drug-likeness (QED) is 0.393. The first-order valence-corrected chi connectivity index (χ1v) is 10.0. The van der Waals surface area contributed by atoms with Crippen molar-refractivity contribution in [2.45, 2.75) is 20.1 Å². The first-order valence-electron chi connectivity index (χ1n) is 9.17. The zero-order valence-electron chi connectivity index (χ0n) is 15.7. The Morgan fingerprint density at radius 2 is 1.85 bits per heavy atom. The molecule has 3 aromatic rings. The topological polar surface area (TPSA) is 65.5 Å². The third-order valence-corrected chi connectivity index (χ3v) is 4.71. The van der Waals surface area contributed by atoms with Gasteiger partial charge < -0.3 is 19.5 Å². The Bertz CT molecular complexity index is 820. The van der Waals surface area contributed by atoms with Gasteiger partial charge in [0.2, 0.25) is 0 Å². The van der Waals surface area contributed by atoms with E-state index in [0.29, 0.717) is 33.0 Å². The minimum atomic E-state index is -0.315. The van der Waals surface area contributed by atoms with Crippen LogP contribution < -0.4 is 5.32 Å². The van der Waals surface area contributed by atoms with Crippen LogP contribution in [0.1, 0.15) is 13.8 Å². The summed E-state index contributed by atoms with van der Waals surface area (Å²) in [6.45, 7) is 6.67. The monoisotopic (exact) mass is 387 g/mol. The fraction of sp³-hybridized carbons (Fsp3) is 0.400. The summed E-state index contributed by atoms with van der Waals surface area (Å²) in [5, 5.41) is 6.40. The van der Waals surface area contributed by atoms with E-state index < -0.39 is 0 Å². The van der Waals surface area contributed by atoms with Gasteiger partial charge in [0, 0.05) is 25.1 Å². The van der Waals surface area contributed by atoms with Crippen LogP contribution in [-0.2, 0) is 14.2 Å². The van der Waals surface area contributed by atoms with Gasteiger partial charge in [0.05, 0.1) is 23.6 Å². The van der Waals surface area contributed by atoms with E-state index in [2.05, 4.69) is 10.3 Å². The van der Waals surface area contributed by atoms with Crippen molar-refractivity contribution in [3.05, 3.63) is 41.8 Å². The standard InChI is InChI=1S/C20H25N3O3S/c1-3-25-18(26-4-2)14-24-12-11-21-19-15-8-5-6-9-16(15)22-20(23-19)17-10-7-13-27-17/h5-10,13,18H,3-4,11-12,14H2,1-2H3,(H,21,22,23). The molecule has 0 unspecified atom stereocenters. The highest BCUT2D eigenvalue weighted by Crippen LogP contribution is 2.27. The van der Waals surface area contributed by atoms with Crippen LogP contribution in [0.25, 0.3) is 21.6 Å². The lowest BCUT2D eigenvalue weighted by Gasteiger charge is -2.17. The highest BCUT2D eigenvalue weighted by atomic mass is 32.1. The number of thiophene rings is 1. The Kier molecular flexibility index (Phi) is 7.53. The predicted octanol–water partition coefficient (Wildman–Crippen LogP) is 4.19. The Labute approximate surface area is 163 Å². The number of hydrogen-bond acceptors (Lipinski definition) is 7. The minimum absolute atomic E-state index is 0.315. The average Bonchev–Trinajstić information content (AvgIpc) is 3.22. The Balaban J connectivity index is 1.62. The van der Waals surface area contributed by atoms with E-state index in [0.717, 1.165) is 27.4 Å². The highest BCUT2D eigenvalue weighted by Gasteiger charge is 2.10. The van der Waals surface area contributed by atoms with E-state index in [4.69, 9.17) is 19.2 Å². The van der Waals surface area contributed by atoms with Crippen molar-refractivity contribution >= 4 is 28.1 Å². The van der Waals surface area contributed by atoms with E-state index >= 15 is 0 Å². The van der Waals surface area contributed by atoms with Crippen molar-refractivity contribution in [2.75, 3.05) is 38.3 Å². The molecule has 0 fully saturated rings. The summed E-state index contributed by atoms with van der Waals surface area (Å²) >= 11 is 1.63. The molecule has 7 heteroatoms. The van der Waals surface area contributed by atoms with Gasteiger partial charge in [-0.25, -0.2) is 9.97 Å². The van der Waals surface area contributed by atoms with Crippen molar-refractivity contribution in [1.82, 2.24) is 9.97 Å². The second-order valence-electron chi connectivity index (χ2n) is 5.73. The summed E-state index contributed by atoms with van der Waals surface area (Å²) in [7, 11) is 0. The van der Waals surface area contributed by atoms with Crippen LogP contribution in [0.4, 0.5) is 5.82 Å². The SMILES string of the molecule is CCOC(COCCNc1nc(-c2cccs2)nc2ccccc12)OCC. The molecule has 0 radical (unpaired) electrons. The van der Waals surface area contributed by atoms with Crippen LogP contribution in [-0.4, -0.2) is 49.2 Å². The Hall–Kier alpha value is -2.06. The third kappa shape index (κ3) is 5.46. The smallest absolute Gasteiger partial charge is 0.180 e. The molecule has 6 nitrogen and oxygen atoms in total. The molecule has 0 atom stereocenters. The molecule has 0 spiro atoms. The number of anilines is 1. The first-order chi connectivity index (χ1) is 13.3. The van der Waals surface area contributed by atoms with Crippen molar-refractivity contribution in [2.24, 2.45) is 0 Å². The van der Waals surface area contributed by atoms with Crippen LogP contribution >= 0.6 is 11.3 Å². The van der Waals surface area contributed by atoms with Crippen LogP contribution in [0.5, 0.6) is 0 Å². The van der Waals surface area contributed by atoms with Crippen LogP contribution in [0, 0.1) is 0 Å². The lowest BCUT2D eigenvalue weighted by atomic mass is 10.2. The molecule has 0 aliphatic carbocycles. The molecule has 2 aromatic heterocycles. The summed E-state index contributed by atoms with van der Waals surface area (Å²) in [4.78, 5) is 10.5. The van der Waals surface area contributed by atoms with Crippen LogP contribution in [0.15, 0.2) is 41.8 Å². The lowest BCUT2D eigenvalue weighted by molar-refractivity contribution is -0.166. The van der Waals surface area contributed by atoms with E-state index in [1.54, 1.807) is 11.3 Å². The van der Waals surface area contributed by atoms with E-state index in [1.165, 1.54) is 0 Å². The molecule has 0 aliphatic heterocycles. The summed E-state index contributed by atoms with van der Waals surface area (Å²) < 4.78 is 16.6. The summed E-state index contributed by atoms with van der Waals surface area (Å²) in [6.07, 6.45) is -0.315. The fourth-order valence-corrected chi connectivity index (χ4v) is 3.32. The van der Waals surface area contributed by atoms with Gasteiger partial charge in [-0.05, 0) is 37.4 Å². The number of rotatable bonds is 11. The molecule has 0 bridgehead atoms. The maximum absolute atomic E-state index is 5.68. The molecule has 0 aliphatic rings. The molecule has 1 aromatic carbocycles. The van der Waals surface area contributed by atoms with Crippen molar-refractivity contribution < 1.29 is 14.2 Å². The number of nitrogens with zero attached hydrogens (tertiary/aromatic N) is 2. The number of fused-ring (bicyclic) bond motifs is 1. The Morgan fingerprint density at radius 3 is 2.59 bits per heavy atom. The Morgan fingerprint density at radius 1 is 1.04 bits per heavy atom. The van der Waals surface area contributed by atoms with Crippen LogP contribution in [0.3, 0.4) is 0 Å². The molecule has 27 heavy (non-hydrogen) atoms. The molecule has 0 saturated heterocycles. The second-order valence-corrected chi connectivity index (χ2v) is 6.68. The van der Waals surface area contributed by atoms with Crippen molar-refractivity contribution in [3.8, 4) is 10.7 Å². The zero-order chi connectivity index (χ0) is 18.9. The number of aromatic nitrogens is 2. The first kappa shape index (κ1) is 19.7. The van der Waals surface area contributed by atoms with Gasteiger partial charge in [-0.2, -0.15) is 0 Å². The number of hydrogen-bond donors (Lipinski definition) is 1. The molecular weight excluding hydrogens is 362 g/mol. The highest BCUT2D eigenvalue weighted by molar-refractivity contribution is 7.13. The number of benzene rings is 1. The number of ether oxygens (including phenoxy) is 3. The molecule has 144 valence electrons. The average molecular weight is 388 g/mol. The van der Waals surface area contributed by atoms with Gasteiger partial charge in [-0.1, -0.05) is 18.2 Å². The van der Waals surface area contributed by atoms with Gasteiger partial charge in [-0.15, -0.1) is 11.3 Å². The van der Waals surface area contributed by atoms with Crippen molar-refractivity contribution in [1.29, 1.82) is 0 Å². The lowest BCUT2D eigenvalue weighted by Crippen LogP contribution is -2.25. The zero-order valence-corrected chi connectivity index (χ0v) is 16.5. The second kappa shape index (κ2) is 10.3. The minimum Gasteiger partial charge on any atom is -0.374 e. The molecule has 0 saturated carbocycles. The maximum atomic E-state index is 5.68. The molecular formula is C20H25N3O3S. The summed E-state index contributed by atoms with van der Waals surface area (Å²) in [6, 6.07) is 12.0. The third-order valence-electron chi connectivity index (χ3n) is 3.84. The molecule has 0 amide bonds. The summed E-state index contributed by atoms with van der Waals surface area (Å²) in [5.74, 6) is 1.55. The predicted molar refractivity (Wildman–Crippen MR) is 109 cm³/mol. The normalized spacial score (nSPS) is 11.4. The maximum Gasteiger partial charge on any atom is 0.180 e. The van der Waals surface area contributed by atoms with Gasteiger partial charge in [-0.3, -0.25) is 0 Å². The largest absolute Gasteiger partial charge is 0.374 e. The molecule has 1 N–H and O–H groups in total. The number of nitrogens with one attached hydrogen (secondary N) is 1. The van der Waals surface area contributed by atoms with E-state index in [-0.39, 0.29) is 6.29 Å². The van der Waals surface area contributed by atoms with Gasteiger partial charge >= 0.3 is 0 Å². The van der Waals surface area contributed by atoms with Gasteiger partial charge in [0.25, 0.3) is 0 Å². The van der Waals surface area contributed by atoms with Crippen molar-refractivity contribution in [3.63, 3.8) is 0 Å². The fourth-order valence-electron chi connectivity index (χ4n) is 2.66. The van der Waals surface area contributed by atoms with Gasteiger partial charge in [0.1, 0.15) is 5.82 Å². The molecule has 3 rings (SSSR count). The van der Waals surface area contributed by atoms with E-state index in [1.807, 2.05) is 55.6 Å².